The first kappa shape index (κ1) is 22.3. The van der Waals surface area contributed by atoms with Gasteiger partial charge < -0.3 is 19.2 Å². The molecule has 1 unspecified atom stereocenters. The number of carbonyl (C=O) groups excluding carboxylic acids is 1. The molecule has 1 aromatic heterocycles. The van der Waals surface area contributed by atoms with Gasteiger partial charge in [-0.25, -0.2) is 4.79 Å². The lowest BCUT2D eigenvalue weighted by atomic mass is 10.0. The smallest absolute Gasteiger partial charge is 0.339 e. The molecule has 0 aliphatic carbocycles. The van der Waals surface area contributed by atoms with Gasteiger partial charge in [0.2, 0.25) is 0 Å². The number of hydrogen-bond donors (Lipinski definition) is 1. The van der Waals surface area contributed by atoms with E-state index in [0.29, 0.717) is 30.0 Å². The maximum absolute atomic E-state index is 13.0. The SMILES string of the molecule is Cc1cc(OC(C)C(=O)N2CCN(CCCCO)CC2)c2c(C)c(C)c(=O)oc2c1. The van der Waals surface area contributed by atoms with E-state index in [9.17, 15) is 9.59 Å². The van der Waals surface area contributed by atoms with Gasteiger partial charge in [-0.3, -0.25) is 9.69 Å². The number of aliphatic hydroxyl groups excluding tert-OH is 1. The van der Waals surface area contributed by atoms with Gasteiger partial charge in [-0.2, -0.15) is 0 Å². The molecule has 1 atom stereocenters. The number of aryl methyl sites for hydroxylation is 2. The number of piperazine rings is 1. The molecule has 1 amide bonds. The van der Waals surface area contributed by atoms with E-state index in [0.717, 1.165) is 49.0 Å². The summed E-state index contributed by atoms with van der Waals surface area (Å²) in [7, 11) is 0. The molecule has 7 nitrogen and oxygen atoms in total. The molecule has 1 fully saturated rings. The van der Waals surface area contributed by atoms with E-state index >= 15 is 0 Å². The Kier molecular flexibility index (Phi) is 7.15. The predicted molar refractivity (Wildman–Crippen MR) is 116 cm³/mol. The van der Waals surface area contributed by atoms with Crippen LogP contribution in [0.2, 0.25) is 0 Å². The summed E-state index contributed by atoms with van der Waals surface area (Å²) < 4.78 is 11.6. The average molecular weight is 417 g/mol. The summed E-state index contributed by atoms with van der Waals surface area (Å²) in [5.41, 5.74) is 2.40. The zero-order valence-electron chi connectivity index (χ0n) is 18.4. The molecule has 30 heavy (non-hydrogen) atoms. The normalized spacial score (nSPS) is 16.1. The number of rotatable bonds is 7. The fourth-order valence-corrected chi connectivity index (χ4v) is 3.92. The maximum Gasteiger partial charge on any atom is 0.339 e. The molecule has 164 valence electrons. The lowest BCUT2D eigenvalue weighted by Gasteiger charge is -2.36. The van der Waals surface area contributed by atoms with Crippen molar-refractivity contribution in [2.24, 2.45) is 0 Å². The monoisotopic (exact) mass is 416 g/mol. The van der Waals surface area contributed by atoms with Crippen LogP contribution in [0.3, 0.4) is 0 Å². The number of amides is 1. The van der Waals surface area contributed by atoms with Crippen LogP contribution in [0.15, 0.2) is 21.3 Å². The topological polar surface area (TPSA) is 83.2 Å². The number of carbonyl (C=O) groups is 1. The Morgan fingerprint density at radius 1 is 1.13 bits per heavy atom. The van der Waals surface area contributed by atoms with Gasteiger partial charge in [-0.1, -0.05) is 0 Å². The van der Waals surface area contributed by atoms with Crippen molar-refractivity contribution >= 4 is 16.9 Å². The molecule has 1 aromatic carbocycles. The first-order valence-corrected chi connectivity index (χ1v) is 10.6. The van der Waals surface area contributed by atoms with Crippen LogP contribution < -0.4 is 10.4 Å². The molecule has 0 saturated carbocycles. The van der Waals surface area contributed by atoms with Crippen molar-refractivity contribution in [2.45, 2.75) is 46.6 Å². The number of nitrogens with zero attached hydrogens (tertiary/aromatic N) is 2. The van der Waals surface area contributed by atoms with Crippen molar-refractivity contribution in [3.63, 3.8) is 0 Å². The van der Waals surface area contributed by atoms with Gasteiger partial charge in [0.05, 0.1) is 5.39 Å². The van der Waals surface area contributed by atoms with E-state index in [-0.39, 0.29) is 18.1 Å². The first-order chi connectivity index (χ1) is 14.3. The van der Waals surface area contributed by atoms with Crippen molar-refractivity contribution in [3.8, 4) is 5.75 Å². The van der Waals surface area contributed by atoms with Crippen LogP contribution in [-0.4, -0.2) is 66.2 Å². The van der Waals surface area contributed by atoms with Gasteiger partial charge in [-0.15, -0.1) is 0 Å². The highest BCUT2D eigenvalue weighted by molar-refractivity contribution is 5.89. The molecule has 1 aliphatic rings. The summed E-state index contributed by atoms with van der Waals surface area (Å²) in [6.45, 7) is 11.5. The molecule has 0 spiro atoms. The fourth-order valence-electron chi connectivity index (χ4n) is 3.92. The first-order valence-electron chi connectivity index (χ1n) is 10.6. The second kappa shape index (κ2) is 9.62. The van der Waals surface area contributed by atoms with Crippen molar-refractivity contribution in [3.05, 3.63) is 39.2 Å². The van der Waals surface area contributed by atoms with Gasteiger partial charge >= 0.3 is 5.63 Å². The molecular formula is C23H32N2O5. The van der Waals surface area contributed by atoms with Crippen molar-refractivity contribution in [2.75, 3.05) is 39.3 Å². The summed E-state index contributed by atoms with van der Waals surface area (Å²) in [6, 6.07) is 3.70. The van der Waals surface area contributed by atoms with Gasteiger partial charge in [0.25, 0.3) is 5.91 Å². The zero-order chi connectivity index (χ0) is 21.8. The lowest BCUT2D eigenvalue weighted by Crippen LogP contribution is -2.52. The number of hydrogen-bond acceptors (Lipinski definition) is 6. The third kappa shape index (κ3) is 4.84. The summed E-state index contributed by atoms with van der Waals surface area (Å²) in [5.74, 6) is 0.532. The van der Waals surface area contributed by atoms with Crippen LogP contribution in [0.5, 0.6) is 5.75 Å². The van der Waals surface area contributed by atoms with Crippen molar-refractivity contribution in [1.29, 1.82) is 0 Å². The van der Waals surface area contributed by atoms with E-state index in [1.54, 1.807) is 13.8 Å². The lowest BCUT2D eigenvalue weighted by molar-refractivity contribution is -0.139. The highest BCUT2D eigenvalue weighted by atomic mass is 16.5. The van der Waals surface area contributed by atoms with Crippen LogP contribution in [-0.2, 0) is 4.79 Å². The van der Waals surface area contributed by atoms with Crippen LogP contribution in [0, 0.1) is 20.8 Å². The Labute approximate surface area is 177 Å². The summed E-state index contributed by atoms with van der Waals surface area (Å²) in [6.07, 6.45) is 1.15. The molecule has 1 aliphatic heterocycles. The fraction of sp³-hybridized carbons (Fsp3) is 0.565. The van der Waals surface area contributed by atoms with E-state index < -0.39 is 6.10 Å². The Hall–Kier alpha value is -2.38. The highest BCUT2D eigenvalue weighted by Gasteiger charge is 2.27. The van der Waals surface area contributed by atoms with Crippen molar-refractivity contribution in [1.82, 2.24) is 9.80 Å². The van der Waals surface area contributed by atoms with Crippen LogP contribution in [0.25, 0.3) is 11.0 Å². The van der Waals surface area contributed by atoms with E-state index in [1.165, 1.54) is 0 Å². The molecule has 2 aromatic rings. The van der Waals surface area contributed by atoms with Gasteiger partial charge in [0.1, 0.15) is 11.3 Å². The van der Waals surface area contributed by atoms with Crippen molar-refractivity contribution < 1.29 is 19.1 Å². The molecule has 3 rings (SSSR count). The Morgan fingerprint density at radius 2 is 1.83 bits per heavy atom. The van der Waals surface area contributed by atoms with Gasteiger partial charge in [-0.05, 0) is 70.3 Å². The Morgan fingerprint density at radius 3 is 2.50 bits per heavy atom. The Balaban J connectivity index is 1.71. The Bertz CT molecular complexity index is 960. The molecule has 7 heteroatoms. The number of fused-ring (bicyclic) bond motifs is 1. The molecule has 2 heterocycles. The maximum atomic E-state index is 13.0. The second-order valence-electron chi connectivity index (χ2n) is 8.13. The van der Waals surface area contributed by atoms with E-state index in [2.05, 4.69) is 4.90 Å². The highest BCUT2D eigenvalue weighted by Crippen LogP contribution is 2.31. The minimum absolute atomic E-state index is 0.0357. The number of benzene rings is 1. The third-order valence-corrected chi connectivity index (χ3v) is 5.87. The van der Waals surface area contributed by atoms with Crippen LogP contribution in [0.1, 0.15) is 36.5 Å². The second-order valence-corrected chi connectivity index (χ2v) is 8.13. The summed E-state index contributed by atoms with van der Waals surface area (Å²) in [4.78, 5) is 29.2. The summed E-state index contributed by atoms with van der Waals surface area (Å²) in [5, 5.41) is 9.66. The molecule has 0 bridgehead atoms. The van der Waals surface area contributed by atoms with Crippen LogP contribution in [0.4, 0.5) is 0 Å². The summed E-state index contributed by atoms with van der Waals surface area (Å²) >= 11 is 0. The molecule has 0 radical (unpaired) electrons. The minimum atomic E-state index is -0.637. The van der Waals surface area contributed by atoms with Gasteiger partial charge in [0.15, 0.2) is 6.10 Å². The van der Waals surface area contributed by atoms with Gasteiger partial charge in [0, 0.05) is 38.3 Å². The van der Waals surface area contributed by atoms with Crippen LogP contribution >= 0.6 is 0 Å². The number of unbranched alkanes of at least 4 members (excludes halogenated alkanes) is 1. The zero-order valence-corrected chi connectivity index (χ0v) is 18.4. The molecular weight excluding hydrogens is 384 g/mol. The molecule has 1 saturated heterocycles. The number of ether oxygens (including phenoxy) is 1. The third-order valence-electron chi connectivity index (χ3n) is 5.87. The molecule has 1 N–H and O–H groups in total. The quantitative estimate of drug-likeness (QED) is 0.551. The minimum Gasteiger partial charge on any atom is -0.480 e. The number of aliphatic hydroxyl groups is 1. The largest absolute Gasteiger partial charge is 0.480 e. The standard InChI is InChI=1S/C23H32N2O5/c1-15-13-19(21-16(2)17(3)23(28)30-20(21)14-15)29-18(4)22(27)25-10-8-24(9-11-25)7-5-6-12-26/h13-14,18,26H,5-12H2,1-4H3. The average Bonchev–Trinajstić information content (AvgIpc) is 2.71. The van der Waals surface area contributed by atoms with E-state index in [4.69, 9.17) is 14.3 Å². The van der Waals surface area contributed by atoms with E-state index in [1.807, 2.05) is 30.9 Å². The predicted octanol–water partition coefficient (Wildman–Crippen LogP) is 2.40.